The largest absolute Gasteiger partial charge is 0.393 e. The van der Waals surface area contributed by atoms with Crippen LogP contribution < -0.4 is 11.1 Å². The number of halogens is 2. The fourth-order valence-electron chi connectivity index (χ4n) is 1.80. The molecule has 1 atom stereocenters. The van der Waals surface area contributed by atoms with E-state index < -0.39 is 5.92 Å². The van der Waals surface area contributed by atoms with Gasteiger partial charge in [-0.25, -0.2) is 8.78 Å². The molecule has 0 aliphatic heterocycles. The lowest BCUT2D eigenvalue weighted by Crippen LogP contribution is -2.39. The minimum Gasteiger partial charge on any atom is -0.393 e. The van der Waals surface area contributed by atoms with Crippen molar-refractivity contribution >= 4 is 23.1 Å². The zero-order chi connectivity index (χ0) is 13.1. The number of carbonyl (C=O) groups excluding carboxylic acids is 1. The van der Waals surface area contributed by atoms with E-state index in [4.69, 9.17) is 18.0 Å². The number of hydrogen-bond donors (Lipinski definition) is 2. The zero-order valence-corrected chi connectivity index (χ0v) is 10.7. The number of rotatable bonds is 4. The maximum absolute atomic E-state index is 12.9. The van der Waals surface area contributed by atoms with E-state index in [1.54, 1.807) is 0 Å². The van der Waals surface area contributed by atoms with Crippen molar-refractivity contribution in [2.24, 2.45) is 17.6 Å². The molecule has 6 heteroatoms. The summed E-state index contributed by atoms with van der Waals surface area (Å²) < 4.78 is 25.8. The molecular weight excluding hydrogens is 246 g/mol. The number of hydrogen-bond acceptors (Lipinski definition) is 2. The van der Waals surface area contributed by atoms with Crippen molar-refractivity contribution in [3.63, 3.8) is 0 Å². The van der Waals surface area contributed by atoms with Gasteiger partial charge in [0, 0.05) is 31.2 Å². The molecule has 1 fully saturated rings. The van der Waals surface area contributed by atoms with Gasteiger partial charge in [0.05, 0.1) is 4.99 Å². The fourth-order valence-corrected chi connectivity index (χ4v) is 1.88. The summed E-state index contributed by atoms with van der Waals surface area (Å²) in [5.41, 5.74) is 5.42. The highest BCUT2D eigenvalue weighted by atomic mass is 32.1. The molecule has 1 rings (SSSR count). The van der Waals surface area contributed by atoms with Crippen LogP contribution in [0.3, 0.4) is 0 Å². The maximum Gasteiger partial charge on any atom is 0.248 e. The molecule has 1 saturated carbocycles. The van der Waals surface area contributed by atoms with Crippen molar-refractivity contribution in [3.05, 3.63) is 0 Å². The Morgan fingerprint density at radius 2 is 2.06 bits per heavy atom. The third kappa shape index (κ3) is 4.53. The molecular formula is C11H18F2N2OS. The molecule has 0 saturated heterocycles. The summed E-state index contributed by atoms with van der Waals surface area (Å²) in [7, 11) is 0. The first-order valence-corrected chi connectivity index (χ1v) is 6.17. The summed E-state index contributed by atoms with van der Waals surface area (Å²) in [5, 5.41) is 2.71. The lowest BCUT2D eigenvalue weighted by Gasteiger charge is -2.27. The highest BCUT2D eigenvalue weighted by Crippen LogP contribution is 2.36. The van der Waals surface area contributed by atoms with E-state index in [0.29, 0.717) is 11.5 Å². The van der Waals surface area contributed by atoms with Crippen LogP contribution in [0.1, 0.15) is 32.6 Å². The van der Waals surface area contributed by atoms with Gasteiger partial charge in [-0.2, -0.15) is 0 Å². The van der Waals surface area contributed by atoms with Gasteiger partial charge in [0.25, 0.3) is 0 Å². The predicted octanol–water partition coefficient (Wildman–Crippen LogP) is 1.85. The number of thiocarbonyl (C=S) groups is 1. The Bertz CT molecular complexity index is 300. The van der Waals surface area contributed by atoms with Crippen molar-refractivity contribution in [2.75, 3.05) is 6.54 Å². The zero-order valence-electron chi connectivity index (χ0n) is 9.84. The maximum atomic E-state index is 12.9. The van der Waals surface area contributed by atoms with Gasteiger partial charge < -0.3 is 11.1 Å². The van der Waals surface area contributed by atoms with Gasteiger partial charge in [0.1, 0.15) is 0 Å². The van der Waals surface area contributed by atoms with E-state index in [2.05, 4.69) is 5.32 Å². The van der Waals surface area contributed by atoms with Gasteiger partial charge in [-0.1, -0.05) is 19.1 Å². The number of nitrogens with one attached hydrogen (secondary N) is 1. The molecule has 3 N–H and O–H groups in total. The Kier molecular flexibility index (Phi) is 4.80. The highest BCUT2D eigenvalue weighted by Gasteiger charge is 2.37. The van der Waals surface area contributed by atoms with Gasteiger partial charge >= 0.3 is 0 Å². The first kappa shape index (κ1) is 14.3. The van der Waals surface area contributed by atoms with Gasteiger partial charge in [0.2, 0.25) is 11.8 Å². The van der Waals surface area contributed by atoms with Crippen molar-refractivity contribution in [1.82, 2.24) is 5.32 Å². The molecule has 1 aliphatic rings. The summed E-state index contributed by atoms with van der Waals surface area (Å²) in [6.45, 7) is 2.19. The van der Waals surface area contributed by atoms with Crippen LogP contribution in [0, 0.1) is 11.8 Å². The van der Waals surface area contributed by atoms with E-state index in [-0.39, 0.29) is 43.4 Å². The third-order valence-corrected chi connectivity index (χ3v) is 3.56. The van der Waals surface area contributed by atoms with Crippen molar-refractivity contribution in [2.45, 2.75) is 38.5 Å². The molecule has 0 heterocycles. The minimum absolute atomic E-state index is 0.0704. The summed E-state index contributed by atoms with van der Waals surface area (Å²) in [6, 6.07) is 0. The van der Waals surface area contributed by atoms with E-state index in [1.807, 2.05) is 6.92 Å². The Hall–Kier alpha value is -0.780. The molecule has 0 spiro atoms. The van der Waals surface area contributed by atoms with Crippen LogP contribution >= 0.6 is 12.2 Å². The quantitative estimate of drug-likeness (QED) is 0.762. The first-order chi connectivity index (χ1) is 7.82. The summed E-state index contributed by atoms with van der Waals surface area (Å²) in [4.78, 5) is 12.0. The average molecular weight is 264 g/mol. The fraction of sp³-hybridized carbons (Fsp3) is 0.818. The van der Waals surface area contributed by atoms with Crippen LogP contribution in [0.5, 0.6) is 0 Å². The van der Waals surface area contributed by atoms with Crippen LogP contribution in [0.4, 0.5) is 8.78 Å². The molecule has 1 amide bonds. The number of carbonyl (C=O) groups is 1. The molecule has 0 aromatic heterocycles. The van der Waals surface area contributed by atoms with E-state index in [1.165, 1.54) is 0 Å². The van der Waals surface area contributed by atoms with Crippen LogP contribution in [0.15, 0.2) is 0 Å². The topological polar surface area (TPSA) is 55.1 Å². The molecule has 98 valence electrons. The van der Waals surface area contributed by atoms with Crippen LogP contribution in [0.2, 0.25) is 0 Å². The Labute approximate surface area is 105 Å². The molecule has 0 radical (unpaired) electrons. The summed E-state index contributed by atoms with van der Waals surface area (Å²) >= 11 is 4.78. The molecule has 0 aromatic rings. The average Bonchev–Trinajstić information content (AvgIpc) is 2.25. The van der Waals surface area contributed by atoms with Gasteiger partial charge in [-0.3, -0.25) is 4.79 Å². The molecule has 3 nitrogen and oxygen atoms in total. The molecule has 0 aromatic carbocycles. The SMILES string of the molecule is CC(CNC(=O)C1CCC(F)(F)CC1)C(N)=S. The van der Waals surface area contributed by atoms with Crippen LogP contribution in [-0.4, -0.2) is 23.4 Å². The second-order valence-electron chi connectivity index (χ2n) is 4.68. The first-order valence-electron chi connectivity index (χ1n) is 5.76. The lowest BCUT2D eigenvalue weighted by atomic mass is 9.86. The Balaban J connectivity index is 2.32. The normalized spacial score (nSPS) is 21.8. The second-order valence-corrected chi connectivity index (χ2v) is 5.15. The number of amides is 1. The smallest absolute Gasteiger partial charge is 0.248 e. The minimum atomic E-state index is -2.59. The molecule has 1 aliphatic carbocycles. The van der Waals surface area contributed by atoms with Crippen LogP contribution in [0.25, 0.3) is 0 Å². The predicted molar refractivity (Wildman–Crippen MR) is 65.9 cm³/mol. The Morgan fingerprint density at radius 3 is 2.53 bits per heavy atom. The van der Waals surface area contributed by atoms with Crippen molar-refractivity contribution < 1.29 is 13.6 Å². The highest BCUT2D eigenvalue weighted by molar-refractivity contribution is 7.80. The summed E-state index contributed by atoms with van der Waals surface area (Å²) in [5.74, 6) is -3.13. The van der Waals surface area contributed by atoms with Crippen LogP contribution in [-0.2, 0) is 4.79 Å². The molecule has 0 bridgehead atoms. The van der Waals surface area contributed by atoms with Gasteiger partial charge in [-0.15, -0.1) is 0 Å². The van der Waals surface area contributed by atoms with Gasteiger partial charge in [-0.05, 0) is 12.8 Å². The third-order valence-electron chi connectivity index (χ3n) is 3.16. The number of nitrogens with two attached hydrogens (primary N) is 1. The van der Waals surface area contributed by atoms with Crippen molar-refractivity contribution in [3.8, 4) is 0 Å². The summed E-state index contributed by atoms with van der Waals surface area (Å²) in [6.07, 6.45) is 0.104. The second kappa shape index (κ2) is 5.71. The van der Waals surface area contributed by atoms with E-state index in [0.717, 1.165) is 0 Å². The molecule has 1 unspecified atom stereocenters. The number of alkyl halides is 2. The lowest BCUT2D eigenvalue weighted by molar-refractivity contribution is -0.129. The standard InChI is InChI=1S/C11H18F2N2OS/c1-7(9(14)17)6-15-10(16)8-2-4-11(12,13)5-3-8/h7-8H,2-6H2,1H3,(H2,14,17)(H,15,16). The monoisotopic (exact) mass is 264 g/mol. The molecule has 17 heavy (non-hydrogen) atoms. The Morgan fingerprint density at radius 1 is 1.53 bits per heavy atom. The van der Waals surface area contributed by atoms with Gasteiger partial charge in [0.15, 0.2) is 0 Å². The van der Waals surface area contributed by atoms with Crippen molar-refractivity contribution in [1.29, 1.82) is 0 Å². The van der Waals surface area contributed by atoms with E-state index in [9.17, 15) is 13.6 Å². The van der Waals surface area contributed by atoms with E-state index >= 15 is 0 Å².